The molecule has 0 aromatic heterocycles. The Morgan fingerprint density at radius 1 is 0.291 bits per heavy atom. The Labute approximate surface area is 322 Å². The zero-order valence-corrected chi connectivity index (χ0v) is 31.0. The molecule has 0 heterocycles. The summed E-state index contributed by atoms with van der Waals surface area (Å²) in [6.07, 6.45) is 0. The summed E-state index contributed by atoms with van der Waals surface area (Å²) in [6, 6.07) is 72.1. The van der Waals surface area contributed by atoms with Gasteiger partial charge in [0.1, 0.15) is 0 Å². The molecule has 0 spiro atoms. The van der Waals surface area contributed by atoms with Crippen LogP contribution in [0.2, 0.25) is 0 Å². The van der Waals surface area contributed by atoms with Gasteiger partial charge in [0.2, 0.25) is 0 Å². The predicted octanol–water partition coefficient (Wildman–Crippen LogP) is 15.3. The summed E-state index contributed by atoms with van der Waals surface area (Å²) in [5.41, 5.74) is 15.4. The number of hydrogen-bond acceptors (Lipinski definition) is 0. The third-order valence-corrected chi connectivity index (χ3v) is 12.2. The summed E-state index contributed by atoms with van der Waals surface area (Å²) < 4.78 is 0. The normalized spacial score (nSPS) is 13.1. The van der Waals surface area contributed by atoms with Gasteiger partial charge in [-0.2, -0.15) is 0 Å². The van der Waals surface area contributed by atoms with Gasteiger partial charge in [0.25, 0.3) is 0 Å². The minimum absolute atomic E-state index is 0.0873. The third-order valence-electron chi connectivity index (χ3n) is 12.2. The van der Waals surface area contributed by atoms with E-state index in [1.165, 1.54) is 110 Å². The fourth-order valence-electron chi connectivity index (χ4n) is 9.58. The molecule has 0 amide bonds. The maximum absolute atomic E-state index is 2.44. The van der Waals surface area contributed by atoms with Crippen molar-refractivity contribution in [3.05, 3.63) is 205 Å². The Bertz CT molecular complexity index is 3100. The van der Waals surface area contributed by atoms with Crippen LogP contribution in [-0.2, 0) is 5.41 Å². The van der Waals surface area contributed by atoms with Gasteiger partial charge in [0.15, 0.2) is 0 Å². The summed E-state index contributed by atoms with van der Waals surface area (Å²) in [6.45, 7) is 4.77. The molecule has 0 unspecified atom stereocenters. The van der Waals surface area contributed by atoms with E-state index in [9.17, 15) is 0 Å². The first-order valence-corrected chi connectivity index (χ1v) is 19.3. The summed E-state index contributed by atoms with van der Waals surface area (Å²) in [7, 11) is 0. The number of hydrogen-bond donors (Lipinski definition) is 0. The first-order valence-electron chi connectivity index (χ1n) is 19.3. The van der Waals surface area contributed by atoms with Crippen LogP contribution in [0.4, 0.5) is 0 Å². The highest BCUT2D eigenvalue weighted by Crippen LogP contribution is 2.52. The molecule has 0 nitrogen and oxygen atoms in total. The van der Waals surface area contributed by atoms with Crippen LogP contribution in [0.25, 0.3) is 98.7 Å². The lowest BCUT2D eigenvalue weighted by molar-refractivity contribution is 0.666. The molecule has 1 aliphatic carbocycles. The van der Waals surface area contributed by atoms with Crippen molar-refractivity contribution in [3.8, 4) is 55.6 Å². The molecule has 0 N–H and O–H groups in total. The third kappa shape index (κ3) is 4.92. The van der Waals surface area contributed by atoms with E-state index in [0.717, 1.165) is 0 Å². The molecule has 10 aromatic rings. The van der Waals surface area contributed by atoms with Gasteiger partial charge in [-0.1, -0.05) is 190 Å². The van der Waals surface area contributed by atoms with Crippen LogP contribution < -0.4 is 0 Å². The van der Waals surface area contributed by atoms with Crippen molar-refractivity contribution in [2.45, 2.75) is 19.3 Å². The molecule has 0 saturated heterocycles. The lowest BCUT2D eigenvalue weighted by atomic mass is 9.79. The maximum atomic E-state index is 2.44. The second-order valence-electron chi connectivity index (χ2n) is 15.7. The summed E-state index contributed by atoms with van der Waals surface area (Å²) >= 11 is 0. The molecule has 10 aromatic carbocycles. The van der Waals surface area contributed by atoms with Gasteiger partial charge in [0.05, 0.1) is 0 Å². The molecule has 0 heteroatoms. The minimum Gasteiger partial charge on any atom is -0.0616 e. The van der Waals surface area contributed by atoms with E-state index in [1.54, 1.807) is 0 Å². The Morgan fingerprint density at radius 3 is 1.47 bits per heavy atom. The SMILES string of the molecule is CC1(C)c2cc(-c3ccc(-c4c5ccccc5c(-c5cccc(-c6ccc7ccccc7c6)c5)c5ccccc45)cc3)ccc2-c2ccc3ccccc3c21. The number of fused-ring (bicyclic) bond motifs is 8. The van der Waals surface area contributed by atoms with Crippen molar-refractivity contribution >= 4 is 43.1 Å². The van der Waals surface area contributed by atoms with Gasteiger partial charge in [-0.15, -0.1) is 0 Å². The number of benzene rings is 10. The smallest absolute Gasteiger partial charge is 0.0165 e. The van der Waals surface area contributed by atoms with E-state index in [2.05, 4.69) is 208 Å². The highest BCUT2D eigenvalue weighted by Gasteiger charge is 2.37. The van der Waals surface area contributed by atoms with Gasteiger partial charge < -0.3 is 0 Å². The van der Waals surface area contributed by atoms with E-state index in [4.69, 9.17) is 0 Å². The zero-order chi connectivity index (χ0) is 36.7. The van der Waals surface area contributed by atoms with E-state index in [0.29, 0.717) is 0 Å². The molecule has 1 aliphatic rings. The van der Waals surface area contributed by atoms with Crippen LogP contribution >= 0.6 is 0 Å². The van der Waals surface area contributed by atoms with E-state index in [1.807, 2.05) is 0 Å². The van der Waals surface area contributed by atoms with Crippen molar-refractivity contribution in [1.82, 2.24) is 0 Å². The molecular formula is C55H38. The molecule has 0 aliphatic heterocycles. The van der Waals surface area contributed by atoms with Gasteiger partial charge in [-0.25, -0.2) is 0 Å². The Morgan fingerprint density at radius 2 is 0.764 bits per heavy atom. The fourth-order valence-corrected chi connectivity index (χ4v) is 9.58. The fraction of sp³-hybridized carbons (Fsp3) is 0.0545. The largest absolute Gasteiger partial charge is 0.0616 e. The lowest BCUT2D eigenvalue weighted by Gasteiger charge is -2.23. The average molecular weight is 699 g/mol. The van der Waals surface area contributed by atoms with E-state index < -0.39 is 0 Å². The second kappa shape index (κ2) is 12.1. The van der Waals surface area contributed by atoms with Crippen molar-refractivity contribution in [3.63, 3.8) is 0 Å². The summed E-state index contributed by atoms with van der Waals surface area (Å²) in [5, 5.41) is 10.3. The molecule has 258 valence electrons. The lowest BCUT2D eigenvalue weighted by Crippen LogP contribution is -2.15. The van der Waals surface area contributed by atoms with Crippen LogP contribution in [0.1, 0.15) is 25.0 Å². The first-order chi connectivity index (χ1) is 27.0. The second-order valence-corrected chi connectivity index (χ2v) is 15.7. The molecular weight excluding hydrogens is 661 g/mol. The molecule has 55 heavy (non-hydrogen) atoms. The molecule has 0 radical (unpaired) electrons. The predicted molar refractivity (Wildman–Crippen MR) is 236 cm³/mol. The molecule has 11 rings (SSSR count). The number of rotatable bonds is 4. The highest BCUT2D eigenvalue weighted by molar-refractivity contribution is 6.21. The highest BCUT2D eigenvalue weighted by atomic mass is 14.4. The van der Waals surface area contributed by atoms with E-state index in [-0.39, 0.29) is 5.41 Å². The Hall–Kier alpha value is -6.76. The first kappa shape index (κ1) is 31.7. The Balaban J connectivity index is 1.01. The maximum Gasteiger partial charge on any atom is 0.0165 e. The monoisotopic (exact) mass is 698 g/mol. The summed E-state index contributed by atoms with van der Waals surface area (Å²) in [4.78, 5) is 0. The van der Waals surface area contributed by atoms with Crippen molar-refractivity contribution in [2.75, 3.05) is 0 Å². The van der Waals surface area contributed by atoms with Crippen LogP contribution in [0, 0.1) is 0 Å². The quantitative estimate of drug-likeness (QED) is 0.161. The van der Waals surface area contributed by atoms with Crippen molar-refractivity contribution in [1.29, 1.82) is 0 Å². The zero-order valence-electron chi connectivity index (χ0n) is 31.0. The van der Waals surface area contributed by atoms with Crippen molar-refractivity contribution in [2.24, 2.45) is 0 Å². The summed E-state index contributed by atoms with van der Waals surface area (Å²) in [5.74, 6) is 0. The minimum atomic E-state index is -0.0873. The van der Waals surface area contributed by atoms with Crippen LogP contribution in [-0.4, -0.2) is 0 Å². The molecule has 0 bridgehead atoms. The molecule has 0 saturated carbocycles. The van der Waals surface area contributed by atoms with Gasteiger partial charge in [0, 0.05) is 5.41 Å². The van der Waals surface area contributed by atoms with Crippen LogP contribution in [0.3, 0.4) is 0 Å². The van der Waals surface area contributed by atoms with Gasteiger partial charge in [-0.05, 0) is 128 Å². The van der Waals surface area contributed by atoms with Crippen molar-refractivity contribution < 1.29 is 0 Å². The van der Waals surface area contributed by atoms with Gasteiger partial charge in [-0.3, -0.25) is 0 Å². The van der Waals surface area contributed by atoms with Crippen LogP contribution in [0.15, 0.2) is 194 Å². The van der Waals surface area contributed by atoms with Gasteiger partial charge >= 0.3 is 0 Å². The Kier molecular flexibility index (Phi) is 7.00. The van der Waals surface area contributed by atoms with Crippen LogP contribution in [0.5, 0.6) is 0 Å². The van der Waals surface area contributed by atoms with E-state index >= 15 is 0 Å². The topological polar surface area (TPSA) is 0 Å². The molecule has 0 fully saturated rings. The standard InChI is InChI=1S/C55H38/c1-55(2)51-34-42(29-30-45(51)50-31-28-37-13-5-6-17-44(37)54(50)55)36-22-25-38(26-23-36)52-46-18-7-9-20-48(46)53(49-21-10-8-19-47(49)52)43-16-11-15-40(33-43)41-27-24-35-12-3-4-14-39(35)32-41/h3-34H,1-2H3. The average Bonchev–Trinajstić information content (AvgIpc) is 3.48. The molecule has 0 atom stereocenters.